The van der Waals surface area contributed by atoms with Crippen LogP contribution in [0.5, 0.6) is 11.5 Å². The first-order valence-corrected chi connectivity index (χ1v) is 11.2. The zero-order valence-corrected chi connectivity index (χ0v) is 18.4. The number of rotatable bonds is 7. The molecule has 2 aliphatic rings. The van der Waals surface area contributed by atoms with E-state index in [0.29, 0.717) is 36.8 Å². The molecule has 2 aliphatic heterocycles. The van der Waals surface area contributed by atoms with E-state index >= 15 is 0 Å². The molecule has 0 bridgehead atoms. The van der Waals surface area contributed by atoms with Crippen molar-refractivity contribution in [3.8, 4) is 23.8 Å². The van der Waals surface area contributed by atoms with Crippen LogP contribution >= 0.6 is 11.8 Å². The highest BCUT2D eigenvalue weighted by molar-refractivity contribution is 8.18. The predicted octanol–water partition coefficient (Wildman–Crippen LogP) is 3.54. The lowest BCUT2D eigenvalue weighted by atomic mass is 10.2. The standard InChI is InChI=1S/C23H26N2O5S/c1-3-13-30-18-10-9-17(14-19(18)29-4-2)15-20-22(27)25(23(28)31-20)16-21(26)24-11-7-5-6-8-12-24/h1,9-10,14-15H,4-8,11-13,16H2,2H3. The topological polar surface area (TPSA) is 76.2 Å². The number of amides is 3. The molecule has 0 atom stereocenters. The van der Waals surface area contributed by atoms with Crippen LogP contribution < -0.4 is 9.47 Å². The Kier molecular flexibility index (Phi) is 8.01. The average Bonchev–Trinajstić information content (AvgIpc) is 2.96. The number of thioether (sulfide) groups is 1. The maximum Gasteiger partial charge on any atom is 0.294 e. The summed E-state index contributed by atoms with van der Waals surface area (Å²) in [5.41, 5.74) is 0.681. The molecule has 8 heteroatoms. The quantitative estimate of drug-likeness (QED) is 0.475. The molecule has 2 fully saturated rings. The van der Waals surface area contributed by atoms with Gasteiger partial charge < -0.3 is 14.4 Å². The Labute approximate surface area is 186 Å². The molecule has 31 heavy (non-hydrogen) atoms. The van der Waals surface area contributed by atoms with Gasteiger partial charge in [0, 0.05) is 13.1 Å². The highest BCUT2D eigenvalue weighted by atomic mass is 32.2. The van der Waals surface area contributed by atoms with E-state index in [2.05, 4.69) is 5.92 Å². The minimum atomic E-state index is -0.455. The summed E-state index contributed by atoms with van der Waals surface area (Å²) in [6.45, 7) is 3.54. The van der Waals surface area contributed by atoms with Gasteiger partial charge in [-0.05, 0) is 55.3 Å². The number of nitrogens with zero attached hydrogens (tertiary/aromatic N) is 2. The zero-order chi connectivity index (χ0) is 22.2. The van der Waals surface area contributed by atoms with E-state index in [9.17, 15) is 14.4 Å². The Morgan fingerprint density at radius 2 is 1.90 bits per heavy atom. The van der Waals surface area contributed by atoms with E-state index in [1.807, 2.05) is 6.92 Å². The van der Waals surface area contributed by atoms with Crippen molar-refractivity contribution in [2.75, 3.05) is 32.8 Å². The van der Waals surface area contributed by atoms with Crippen LogP contribution in [0.4, 0.5) is 4.79 Å². The summed E-state index contributed by atoms with van der Waals surface area (Å²) in [5, 5.41) is -0.432. The van der Waals surface area contributed by atoms with Crippen molar-refractivity contribution in [1.82, 2.24) is 9.80 Å². The fraction of sp³-hybridized carbons (Fsp3) is 0.435. The third-order valence-corrected chi connectivity index (χ3v) is 5.91. The van der Waals surface area contributed by atoms with Gasteiger partial charge in [0.05, 0.1) is 11.5 Å². The largest absolute Gasteiger partial charge is 0.490 e. The molecule has 2 saturated heterocycles. The monoisotopic (exact) mass is 442 g/mol. The predicted molar refractivity (Wildman–Crippen MR) is 120 cm³/mol. The van der Waals surface area contributed by atoms with Gasteiger partial charge in [0.25, 0.3) is 11.1 Å². The first kappa shape index (κ1) is 22.8. The minimum absolute atomic E-state index is 0.114. The highest BCUT2D eigenvalue weighted by Crippen LogP contribution is 2.34. The number of hydrogen-bond acceptors (Lipinski definition) is 6. The summed E-state index contributed by atoms with van der Waals surface area (Å²) in [4.78, 5) is 40.9. The molecular formula is C23H26N2O5S. The molecule has 0 radical (unpaired) electrons. The van der Waals surface area contributed by atoms with Gasteiger partial charge in [-0.1, -0.05) is 24.8 Å². The van der Waals surface area contributed by atoms with Crippen LogP contribution in [0.2, 0.25) is 0 Å². The number of hydrogen-bond donors (Lipinski definition) is 0. The van der Waals surface area contributed by atoms with Crippen LogP contribution in [0.1, 0.15) is 38.2 Å². The Morgan fingerprint density at radius 1 is 1.16 bits per heavy atom. The van der Waals surface area contributed by atoms with Gasteiger partial charge in [-0.2, -0.15) is 0 Å². The number of imide groups is 1. The van der Waals surface area contributed by atoms with E-state index < -0.39 is 11.1 Å². The molecule has 1 aromatic rings. The van der Waals surface area contributed by atoms with Crippen LogP contribution in [-0.2, 0) is 9.59 Å². The van der Waals surface area contributed by atoms with Gasteiger partial charge in [-0.15, -0.1) is 6.42 Å². The summed E-state index contributed by atoms with van der Waals surface area (Å²) in [7, 11) is 0. The minimum Gasteiger partial charge on any atom is -0.490 e. The van der Waals surface area contributed by atoms with Gasteiger partial charge in [0.2, 0.25) is 5.91 Å². The molecule has 164 valence electrons. The second-order valence-electron chi connectivity index (χ2n) is 7.19. The first-order valence-electron chi connectivity index (χ1n) is 10.4. The lowest BCUT2D eigenvalue weighted by Gasteiger charge is -2.22. The third kappa shape index (κ3) is 5.82. The van der Waals surface area contributed by atoms with E-state index in [4.69, 9.17) is 15.9 Å². The van der Waals surface area contributed by atoms with Gasteiger partial charge in [-0.25, -0.2) is 0 Å². The molecule has 0 saturated carbocycles. The average molecular weight is 443 g/mol. The normalized spacial score (nSPS) is 18.1. The molecule has 7 nitrogen and oxygen atoms in total. The second-order valence-corrected chi connectivity index (χ2v) is 8.19. The molecule has 0 unspecified atom stereocenters. The summed E-state index contributed by atoms with van der Waals surface area (Å²) >= 11 is 0.836. The Morgan fingerprint density at radius 3 is 2.58 bits per heavy atom. The van der Waals surface area contributed by atoms with Crippen LogP contribution in [0.15, 0.2) is 23.1 Å². The van der Waals surface area contributed by atoms with Crippen molar-refractivity contribution in [3.05, 3.63) is 28.7 Å². The van der Waals surface area contributed by atoms with Crippen LogP contribution in [-0.4, -0.2) is 59.7 Å². The van der Waals surface area contributed by atoms with Crippen molar-refractivity contribution < 1.29 is 23.9 Å². The smallest absolute Gasteiger partial charge is 0.294 e. The van der Waals surface area contributed by atoms with Gasteiger partial charge in [-0.3, -0.25) is 19.3 Å². The molecule has 0 aromatic heterocycles. The SMILES string of the molecule is C#CCOc1ccc(C=C2SC(=O)N(CC(=O)N3CCCCCC3)C2=O)cc1OCC. The van der Waals surface area contributed by atoms with E-state index in [-0.39, 0.29) is 24.0 Å². The number of carbonyl (C=O) groups is 3. The lowest BCUT2D eigenvalue weighted by Crippen LogP contribution is -2.42. The van der Waals surface area contributed by atoms with Crippen LogP contribution in [0.25, 0.3) is 6.08 Å². The van der Waals surface area contributed by atoms with Gasteiger partial charge in [0.1, 0.15) is 13.2 Å². The van der Waals surface area contributed by atoms with Crippen LogP contribution in [0.3, 0.4) is 0 Å². The van der Waals surface area contributed by atoms with Gasteiger partial charge >= 0.3 is 0 Å². The Hall–Kier alpha value is -2.92. The van der Waals surface area contributed by atoms with Gasteiger partial charge in [0.15, 0.2) is 11.5 Å². The fourth-order valence-electron chi connectivity index (χ4n) is 3.46. The maximum absolute atomic E-state index is 12.8. The number of ether oxygens (including phenoxy) is 2. The lowest BCUT2D eigenvalue weighted by molar-refractivity contribution is -0.135. The Balaban J connectivity index is 1.72. The molecular weight excluding hydrogens is 416 g/mol. The summed E-state index contributed by atoms with van der Waals surface area (Å²) in [6, 6.07) is 5.19. The Bertz CT molecular complexity index is 913. The fourth-order valence-corrected chi connectivity index (χ4v) is 4.30. The molecule has 0 N–H and O–H groups in total. The molecule has 0 aliphatic carbocycles. The molecule has 1 aromatic carbocycles. The third-order valence-electron chi connectivity index (χ3n) is 5.00. The highest BCUT2D eigenvalue weighted by Gasteiger charge is 2.37. The molecule has 3 amide bonds. The number of likely N-dealkylation sites (tertiary alicyclic amines) is 1. The van der Waals surface area contributed by atoms with E-state index in [1.54, 1.807) is 29.2 Å². The van der Waals surface area contributed by atoms with Crippen LogP contribution in [0, 0.1) is 12.3 Å². The molecule has 3 rings (SSSR count). The number of carbonyl (C=O) groups excluding carboxylic acids is 3. The van der Waals surface area contributed by atoms with E-state index in [1.165, 1.54) is 0 Å². The summed E-state index contributed by atoms with van der Waals surface area (Å²) < 4.78 is 11.1. The number of terminal acetylenes is 1. The van der Waals surface area contributed by atoms with Crippen molar-refractivity contribution in [1.29, 1.82) is 0 Å². The summed E-state index contributed by atoms with van der Waals surface area (Å²) in [5.74, 6) is 2.78. The van der Waals surface area contributed by atoms with Crippen molar-refractivity contribution >= 4 is 34.9 Å². The first-order chi connectivity index (χ1) is 15.0. The van der Waals surface area contributed by atoms with Crippen molar-refractivity contribution in [3.63, 3.8) is 0 Å². The zero-order valence-electron chi connectivity index (χ0n) is 17.6. The molecule has 0 spiro atoms. The second kappa shape index (κ2) is 10.9. The van der Waals surface area contributed by atoms with Crippen molar-refractivity contribution in [2.45, 2.75) is 32.6 Å². The number of benzene rings is 1. The summed E-state index contributed by atoms with van der Waals surface area (Å²) in [6.07, 6.45) is 11.0. The van der Waals surface area contributed by atoms with E-state index in [0.717, 1.165) is 42.3 Å². The maximum atomic E-state index is 12.8. The van der Waals surface area contributed by atoms with Crippen molar-refractivity contribution in [2.24, 2.45) is 0 Å². The molecule has 2 heterocycles.